The summed E-state index contributed by atoms with van der Waals surface area (Å²) in [6.07, 6.45) is 2.15. The third-order valence-corrected chi connectivity index (χ3v) is 4.57. The second-order valence-electron chi connectivity index (χ2n) is 4.96. The molecule has 2 heterocycles. The Morgan fingerprint density at radius 3 is 3.10 bits per heavy atom. The number of nitrogens with two attached hydrogens (primary N) is 1. The number of rotatable bonds is 2. The number of nitrogens with zero attached hydrogens (tertiary/aromatic N) is 3. The lowest BCUT2D eigenvalue weighted by molar-refractivity contribution is 0.500. The van der Waals surface area contributed by atoms with Crippen LogP contribution in [0, 0.1) is 3.57 Å². The van der Waals surface area contributed by atoms with Crippen LogP contribution in [0.2, 0.25) is 5.02 Å². The number of aromatic amines is 1. The van der Waals surface area contributed by atoms with Crippen LogP contribution >= 0.6 is 34.2 Å². The SMILES string of the molecule is NC1CCCN(c2n[nH]c(-c3cc(Cl)ccc3I)n2)C1. The van der Waals surface area contributed by atoms with E-state index >= 15 is 0 Å². The summed E-state index contributed by atoms with van der Waals surface area (Å²) in [7, 11) is 0. The molecular formula is C13H15ClIN5. The molecule has 3 rings (SSSR count). The third kappa shape index (κ3) is 2.91. The van der Waals surface area contributed by atoms with Gasteiger partial charge >= 0.3 is 0 Å². The zero-order valence-corrected chi connectivity index (χ0v) is 13.7. The second-order valence-corrected chi connectivity index (χ2v) is 6.56. The Kier molecular flexibility index (Phi) is 4.13. The highest BCUT2D eigenvalue weighted by Gasteiger charge is 2.20. The number of piperidine rings is 1. The van der Waals surface area contributed by atoms with E-state index < -0.39 is 0 Å². The number of hydrogen-bond acceptors (Lipinski definition) is 4. The van der Waals surface area contributed by atoms with Gasteiger partial charge in [0.1, 0.15) is 0 Å². The molecule has 0 amide bonds. The van der Waals surface area contributed by atoms with Crippen molar-refractivity contribution in [3.05, 3.63) is 26.8 Å². The van der Waals surface area contributed by atoms with Gasteiger partial charge in [-0.05, 0) is 53.6 Å². The Labute approximate surface area is 136 Å². The Hall–Kier alpha value is -0.860. The summed E-state index contributed by atoms with van der Waals surface area (Å²) in [5, 5.41) is 8.00. The highest BCUT2D eigenvalue weighted by atomic mass is 127. The lowest BCUT2D eigenvalue weighted by atomic mass is 10.1. The van der Waals surface area contributed by atoms with E-state index in [1.165, 1.54) is 0 Å². The van der Waals surface area contributed by atoms with Crippen molar-refractivity contribution in [3.8, 4) is 11.4 Å². The predicted octanol–water partition coefficient (Wildman–Crippen LogP) is 2.66. The van der Waals surface area contributed by atoms with Gasteiger partial charge in [0.2, 0.25) is 5.95 Å². The molecule has 1 saturated heterocycles. The minimum atomic E-state index is 0.206. The van der Waals surface area contributed by atoms with E-state index in [1.807, 2.05) is 18.2 Å². The number of benzene rings is 1. The van der Waals surface area contributed by atoms with Crippen LogP contribution in [0.4, 0.5) is 5.95 Å². The van der Waals surface area contributed by atoms with Crippen LogP contribution in [0.5, 0.6) is 0 Å². The van der Waals surface area contributed by atoms with Gasteiger partial charge in [-0.25, -0.2) is 0 Å². The van der Waals surface area contributed by atoms with Gasteiger partial charge in [-0.3, -0.25) is 5.10 Å². The first kappa shape index (κ1) is 14.1. The van der Waals surface area contributed by atoms with Gasteiger partial charge in [-0.15, -0.1) is 5.10 Å². The molecule has 1 aromatic carbocycles. The maximum atomic E-state index is 6.05. The largest absolute Gasteiger partial charge is 0.338 e. The molecule has 3 N–H and O–H groups in total. The molecule has 1 aliphatic heterocycles. The second kappa shape index (κ2) is 5.87. The molecule has 0 spiro atoms. The van der Waals surface area contributed by atoms with Gasteiger partial charge in [0.15, 0.2) is 5.82 Å². The fourth-order valence-corrected chi connectivity index (χ4v) is 3.15. The maximum Gasteiger partial charge on any atom is 0.245 e. The molecule has 20 heavy (non-hydrogen) atoms. The van der Waals surface area contributed by atoms with Crippen LogP contribution in [0.25, 0.3) is 11.4 Å². The quantitative estimate of drug-likeness (QED) is 0.756. The molecule has 7 heteroatoms. The lowest BCUT2D eigenvalue weighted by Gasteiger charge is -2.29. The summed E-state index contributed by atoms with van der Waals surface area (Å²) in [6.45, 7) is 1.77. The number of H-pyrrole nitrogens is 1. The van der Waals surface area contributed by atoms with E-state index in [2.05, 4.69) is 42.7 Å². The van der Waals surface area contributed by atoms with Crippen molar-refractivity contribution in [2.24, 2.45) is 5.73 Å². The van der Waals surface area contributed by atoms with Crippen LogP contribution in [0.3, 0.4) is 0 Å². The Morgan fingerprint density at radius 2 is 2.30 bits per heavy atom. The minimum absolute atomic E-state index is 0.206. The van der Waals surface area contributed by atoms with Crippen molar-refractivity contribution in [2.75, 3.05) is 18.0 Å². The molecule has 1 aromatic heterocycles. The number of halogens is 2. The Morgan fingerprint density at radius 1 is 1.45 bits per heavy atom. The van der Waals surface area contributed by atoms with Gasteiger partial charge < -0.3 is 10.6 Å². The van der Waals surface area contributed by atoms with E-state index in [0.717, 1.165) is 40.9 Å². The average molecular weight is 404 g/mol. The van der Waals surface area contributed by atoms with Gasteiger partial charge in [0, 0.05) is 33.3 Å². The van der Waals surface area contributed by atoms with Crippen LogP contribution < -0.4 is 10.6 Å². The third-order valence-electron chi connectivity index (χ3n) is 3.40. The van der Waals surface area contributed by atoms with Gasteiger partial charge in [-0.2, -0.15) is 4.98 Å². The number of aromatic nitrogens is 3. The van der Waals surface area contributed by atoms with E-state index in [-0.39, 0.29) is 6.04 Å². The zero-order valence-electron chi connectivity index (χ0n) is 10.8. The van der Waals surface area contributed by atoms with E-state index in [4.69, 9.17) is 17.3 Å². The topological polar surface area (TPSA) is 70.8 Å². The number of hydrogen-bond donors (Lipinski definition) is 2. The fourth-order valence-electron chi connectivity index (χ4n) is 2.39. The van der Waals surface area contributed by atoms with Gasteiger partial charge in [0.25, 0.3) is 0 Å². The first-order valence-corrected chi connectivity index (χ1v) is 7.97. The average Bonchev–Trinajstić information content (AvgIpc) is 2.91. The van der Waals surface area contributed by atoms with E-state index in [1.54, 1.807) is 0 Å². The lowest BCUT2D eigenvalue weighted by Crippen LogP contribution is -2.43. The van der Waals surface area contributed by atoms with E-state index in [9.17, 15) is 0 Å². The van der Waals surface area contributed by atoms with Crippen LogP contribution in [0.1, 0.15) is 12.8 Å². The van der Waals surface area contributed by atoms with Crippen molar-refractivity contribution >= 4 is 40.1 Å². The molecule has 0 radical (unpaired) electrons. The summed E-state index contributed by atoms with van der Waals surface area (Å²) in [4.78, 5) is 6.71. The van der Waals surface area contributed by atoms with E-state index in [0.29, 0.717) is 11.0 Å². The molecule has 1 fully saturated rings. The Bertz CT molecular complexity index is 615. The zero-order chi connectivity index (χ0) is 14.1. The molecule has 1 atom stereocenters. The molecule has 1 aliphatic rings. The Balaban J connectivity index is 1.88. The first-order chi connectivity index (χ1) is 9.63. The highest BCUT2D eigenvalue weighted by molar-refractivity contribution is 14.1. The molecule has 0 bridgehead atoms. The molecule has 0 aliphatic carbocycles. The van der Waals surface area contributed by atoms with Crippen molar-refractivity contribution in [2.45, 2.75) is 18.9 Å². The summed E-state index contributed by atoms with van der Waals surface area (Å²) in [6, 6.07) is 5.94. The minimum Gasteiger partial charge on any atom is -0.338 e. The maximum absolute atomic E-state index is 6.05. The molecule has 0 saturated carbocycles. The summed E-state index contributed by atoms with van der Waals surface area (Å²) in [5.74, 6) is 1.46. The highest BCUT2D eigenvalue weighted by Crippen LogP contribution is 2.27. The van der Waals surface area contributed by atoms with Gasteiger partial charge in [0.05, 0.1) is 0 Å². The number of anilines is 1. The molecular weight excluding hydrogens is 389 g/mol. The predicted molar refractivity (Wildman–Crippen MR) is 89.0 cm³/mol. The van der Waals surface area contributed by atoms with Crippen molar-refractivity contribution in [1.29, 1.82) is 0 Å². The van der Waals surface area contributed by atoms with Crippen molar-refractivity contribution in [1.82, 2.24) is 15.2 Å². The van der Waals surface area contributed by atoms with Crippen LogP contribution in [0.15, 0.2) is 18.2 Å². The molecule has 2 aromatic rings. The fraction of sp³-hybridized carbons (Fsp3) is 0.385. The molecule has 1 unspecified atom stereocenters. The standard InChI is InChI=1S/C13H15ClIN5/c14-8-3-4-11(15)10(6-8)12-17-13(19-18-12)20-5-1-2-9(16)7-20/h3-4,6,9H,1-2,5,7,16H2,(H,17,18,19). The van der Waals surface area contributed by atoms with Gasteiger partial charge in [-0.1, -0.05) is 11.6 Å². The summed E-state index contributed by atoms with van der Waals surface area (Å²) >= 11 is 8.32. The molecule has 106 valence electrons. The van der Waals surface area contributed by atoms with Crippen LogP contribution in [-0.2, 0) is 0 Å². The smallest absolute Gasteiger partial charge is 0.245 e. The normalized spacial score (nSPS) is 19.4. The number of nitrogens with one attached hydrogen (secondary N) is 1. The summed E-state index contributed by atoms with van der Waals surface area (Å²) in [5.41, 5.74) is 6.97. The summed E-state index contributed by atoms with van der Waals surface area (Å²) < 4.78 is 1.09. The van der Waals surface area contributed by atoms with Crippen molar-refractivity contribution in [3.63, 3.8) is 0 Å². The van der Waals surface area contributed by atoms with Crippen LogP contribution in [-0.4, -0.2) is 34.3 Å². The first-order valence-electron chi connectivity index (χ1n) is 6.52. The monoisotopic (exact) mass is 403 g/mol. The van der Waals surface area contributed by atoms with Crippen molar-refractivity contribution < 1.29 is 0 Å². The molecule has 5 nitrogen and oxygen atoms in total.